The van der Waals surface area contributed by atoms with Crippen molar-refractivity contribution in [2.24, 2.45) is 0 Å². The second kappa shape index (κ2) is 10.4. The molecule has 0 radical (unpaired) electrons. The molecule has 7 nitrogen and oxygen atoms in total. The minimum atomic E-state index is -0.701. The number of rotatable bonds is 6. The molecule has 2 fully saturated rings. The van der Waals surface area contributed by atoms with Gasteiger partial charge in [-0.3, -0.25) is 19.8 Å². The molecule has 4 rings (SSSR count). The van der Waals surface area contributed by atoms with Crippen LogP contribution in [0.3, 0.4) is 0 Å². The molecule has 34 heavy (non-hydrogen) atoms. The van der Waals surface area contributed by atoms with Crippen LogP contribution in [0.1, 0.15) is 48.8 Å². The molecular weight excluding hydrogens is 500 g/mol. The van der Waals surface area contributed by atoms with Gasteiger partial charge in [-0.25, -0.2) is 4.79 Å². The number of barbiturate groups is 1. The van der Waals surface area contributed by atoms with Crippen molar-refractivity contribution < 1.29 is 23.9 Å². The van der Waals surface area contributed by atoms with Gasteiger partial charge in [0.1, 0.15) is 12.2 Å². The van der Waals surface area contributed by atoms with Gasteiger partial charge in [0, 0.05) is 10.5 Å². The number of imide groups is 2. The van der Waals surface area contributed by atoms with Crippen molar-refractivity contribution in [3.63, 3.8) is 0 Å². The van der Waals surface area contributed by atoms with Crippen molar-refractivity contribution in [1.82, 2.24) is 10.2 Å². The first-order valence-electron chi connectivity index (χ1n) is 11.3. The maximum Gasteiger partial charge on any atom is 0.331 e. The smallest absolute Gasteiger partial charge is 0.331 e. The van der Waals surface area contributed by atoms with Gasteiger partial charge in [0.25, 0.3) is 11.8 Å². The molecule has 178 valence electrons. The number of amides is 4. The van der Waals surface area contributed by atoms with Crippen LogP contribution < -0.4 is 14.8 Å². The number of carbonyl (C=O) groups is 3. The molecule has 8 heteroatoms. The van der Waals surface area contributed by atoms with E-state index in [2.05, 4.69) is 21.2 Å². The minimum absolute atomic E-state index is 0.0822. The molecule has 1 saturated heterocycles. The lowest BCUT2D eigenvalue weighted by Gasteiger charge is -2.35. The van der Waals surface area contributed by atoms with E-state index < -0.39 is 17.8 Å². The Labute approximate surface area is 207 Å². The number of urea groups is 1. The number of aryl methyl sites for hydroxylation is 1. The van der Waals surface area contributed by atoms with Crippen molar-refractivity contribution in [2.45, 2.75) is 51.7 Å². The lowest BCUT2D eigenvalue weighted by atomic mass is 9.93. The molecule has 1 aliphatic carbocycles. The summed E-state index contributed by atoms with van der Waals surface area (Å²) in [5.74, 6) is -0.277. The number of hydrogen-bond acceptors (Lipinski definition) is 5. The summed E-state index contributed by atoms with van der Waals surface area (Å²) in [4.78, 5) is 39.4. The van der Waals surface area contributed by atoms with Gasteiger partial charge < -0.3 is 9.47 Å². The first-order chi connectivity index (χ1) is 16.4. The van der Waals surface area contributed by atoms with E-state index in [9.17, 15) is 14.4 Å². The average Bonchev–Trinajstić information content (AvgIpc) is 2.83. The standard InChI is InChI=1S/C26H27BrN2O5/c1-16-8-10-17(11-9-16)15-34-23-14-21(27)18(13-22(23)33-2)12-20-24(30)28-26(32)29(25(20)31)19-6-4-3-5-7-19/h8-14,19H,3-7,15H2,1-2H3,(H,28,30,32). The first kappa shape index (κ1) is 24.0. The fourth-order valence-corrected chi connectivity index (χ4v) is 4.71. The van der Waals surface area contributed by atoms with Gasteiger partial charge >= 0.3 is 6.03 Å². The minimum Gasteiger partial charge on any atom is -0.493 e. The zero-order valence-electron chi connectivity index (χ0n) is 19.2. The molecule has 4 amide bonds. The fraction of sp³-hybridized carbons (Fsp3) is 0.346. The molecule has 1 saturated carbocycles. The molecule has 2 aromatic carbocycles. The van der Waals surface area contributed by atoms with Crippen LogP contribution in [-0.4, -0.2) is 35.9 Å². The Balaban J connectivity index is 1.59. The van der Waals surface area contributed by atoms with E-state index in [1.807, 2.05) is 31.2 Å². The number of benzene rings is 2. The van der Waals surface area contributed by atoms with Crippen molar-refractivity contribution in [1.29, 1.82) is 0 Å². The summed E-state index contributed by atoms with van der Waals surface area (Å²) < 4.78 is 12.1. The summed E-state index contributed by atoms with van der Waals surface area (Å²) in [5, 5.41) is 2.32. The van der Waals surface area contributed by atoms with Crippen LogP contribution in [0.25, 0.3) is 6.08 Å². The molecule has 1 aliphatic heterocycles. The highest BCUT2D eigenvalue weighted by molar-refractivity contribution is 9.10. The van der Waals surface area contributed by atoms with Gasteiger partial charge in [0.05, 0.1) is 7.11 Å². The Morgan fingerprint density at radius 2 is 1.76 bits per heavy atom. The molecular formula is C26H27BrN2O5. The second-order valence-corrected chi connectivity index (χ2v) is 9.44. The summed E-state index contributed by atoms with van der Waals surface area (Å²) in [6.45, 7) is 2.39. The van der Waals surface area contributed by atoms with E-state index in [0.717, 1.165) is 37.7 Å². The topological polar surface area (TPSA) is 84.9 Å². The summed E-state index contributed by atoms with van der Waals surface area (Å²) in [6, 6.07) is 10.7. The van der Waals surface area contributed by atoms with E-state index in [1.165, 1.54) is 23.6 Å². The molecule has 2 aliphatic rings. The van der Waals surface area contributed by atoms with E-state index in [-0.39, 0.29) is 11.6 Å². The predicted molar refractivity (Wildman–Crippen MR) is 131 cm³/mol. The third kappa shape index (κ3) is 5.17. The zero-order chi connectivity index (χ0) is 24.2. The van der Waals surface area contributed by atoms with Gasteiger partial charge in [-0.05, 0) is 49.1 Å². The number of nitrogens with zero attached hydrogens (tertiary/aromatic N) is 1. The monoisotopic (exact) mass is 526 g/mol. The van der Waals surface area contributed by atoms with Crippen LogP contribution in [0.2, 0.25) is 0 Å². The van der Waals surface area contributed by atoms with Crippen LogP contribution in [0.15, 0.2) is 46.4 Å². The SMILES string of the molecule is COc1cc(C=C2C(=O)NC(=O)N(C3CCCCC3)C2=O)c(Br)cc1OCc1ccc(C)cc1. The molecule has 0 spiro atoms. The Kier molecular flexibility index (Phi) is 7.36. The van der Waals surface area contributed by atoms with Gasteiger partial charge in [0.2, 0.25) is 0 Å². The number of methoxy groups -OCH3 is 1. The maximum atomic E-state index is 13.2. The van der Waals surface area contributed by atoms with Crippen LogP contribution in [0, 0.1) is 6.92 Å². The van der Waals surface area contributed by atoms with Gasteiger partial charge in [-0.2, -0.15) is 0 Å². The van der Waals surface area contributed by atoms with Crippen molar-refractivity contribution >= 4 is 39.9 Å². The highest BCUT2D eigenvalue weighted by Gasteiger charge is 2.40. The third-order valence-corrected chi connectivity index (χ3v) is 6.86. The quantitative estimate of drug-likeness (QED) is 0.416. The molecule has 2 aromatic rings. The summed E-state index contributed by atoms with van der Waals surface area (Å²) in [6.07, 6.45) is 6.00. The lowest BCUT2D eigenvalue weighted by molar-refractivity contribution is -0.132. The lowest BCUT2D eigenvalue weighted by Crippen LogP contribution is -2.58. The number of carbonyl (C=O) groups excluding carboxylic acids is 3. The highest BCUT2D eigenvalue weighted by Crippen LogP contribution is 2.36. The van der Waals surface area contributed by atoms with E-state index in [4.69, 9.17) is 9.47 Å². The Bertz CT molecular complexity index is 1140. The number of hydrogen-bond donors (Lipinski definition) is 1. The predicted octanol–water partition coefficient (Wildman–Crippen LogP) is 5.14. The molecule has 0 atom stereocenters. The first-order valence-corrected chi connectivity index (χ1v) is 12.1. The van der Waals surface area contributed by atoms with Crippen LogP contribution >= 0.6 is 15.9 Å². The van der Waals surface area contributed by atoms with E-state index >= 15 is 0 Å². The van der Waals surface area contributed by atoms with E-state index in [0.29, 0.717) is 28.1 Å². The molecule has 0 bridgehead atoms. The van der Waals surface area contributed by atoms with Gasteiger partial charge in [-0.15, -0.1) is 0 Å². The number of halogens is 1. The van der Waals surface area contributed by atoms with Crippen molar-refractivity contribution in [3.05, 3.63) is 63.1 Å². The average molecular weight is 527 g/mol. The Morgan fingerprint density at radius 1 is 1.06 bits per heavy atom. The Hall–Kier alpha value is -3.13. The van der Waals surface area contributed by atoms with E-state index in [1.54, 1.807) is 12.1 Å². The molecule has 0 aromatic heterocycles. The fourth-order valence-electron chi connectivity index (χ4n) is 4.28. The van der Waals surface area contributed by atoms with Crippen molar-refractivity contribution in [2.75, 3.05) is 7.11 Å². The largest absolute Gasteiger partial charge is 0.493 e. The zero-order valence-corrected chi connectivity index (χ0v) is 20.8. The second-order valence-electron chi connectivity index (χ2n) is 8.58. The van der Waals surface area contributed by atoms with Crippen molar-refractivity contribution in [3.8, 4) is 11.5 Å². The van der Waals surface area contributed by atoms with Crippen LogP contribution in [0.4, 0.5) is 4.79 Å². The third-order valence-electron chi connectivity index (χ3n) is 6.17. The van der Waals surface area contributed by atoms with Crippen LogP contribution in [-0.2, 0) is 16.2 Å². The number of ether oxygens (including phenoxy) is 2. The summed E-state index contributed by atoms with van der Waals surface area (Å²) >= 11 is 3.51. The normalized spacial score (nSPS) is 18.3. The summed E-state index contributed by atoms with van der Waals surface area (Å²) in [7, 11) is 1.53. The molecule has 1 heterocycles. The summed E-state index contributed by atoms with van der Waals surface area (Å²) in [5.41, 5.74) is 2.68. The maximum absolute atomic E-state index is 13.2. The molecule has 0 unspecified atom stereocenters. The van der Waals surface area contributed by atoms with Crippen LogP contribution in [0.5, 0.6) is 11.5 Å². The Morgan fingerprint density at radius 3 is 2.44 bits per heavy atom. The molecule has 1 N–H and O–H groups in total. The number of nitrogens with one attached hydrogen (secondary N) is 1. The highest BCUT2D eigenvalue weighted by atomic mass is 79.9. The van der Waals surface area contributed by atoms with Gasteiger partial charge in [0.15, 0.2) is 11.5 Å². The van der Waals surface area contributed by atoms with Gasteiger partial charge in [-0.1, -0.05) is 65.0 Å².